The Morgan fingerprint density at radius 2 is 2.07 bits per heavy atom. The molecular weight excluding hydrogens is 372 g/mol. The average molecular weight is 399 g/mol. The highest BCUT2D eigenvalue weighted by Crippen LogP contribution is 2.36. The Bertz CT molecular complexity index is 900. The van der Waals surface area contributed by atoms with E-state index in [0.29, 0.717) is 17.8 Å². The predicted molar refractivity (Wildman–Crippen MR) is 114 cm³/mol. The number of anilines is 2. The molecule has 1 aromatic heterocycles. The fourth-order valence-corrected chi connectivity index (χ4v) is 4.20. The molecule has 0 fully saturated rings. The molecule has 148 valence electrons. The third kappa shape index (κ3) is 4.47. The number of hydrogen-bond acceptors (Lipinski definition) is 4. The first-order valence-electron chi connectivity index (χ1n) is 9.49. The number of carbonyl (C=O) groups is 2. The topological polar surface area (TPSA) is 74.3 Å². The standard InChI is InChI=1S/C21H26N4O2S/c1-5-14(3)22-19(26)16-7-6-8-17(12-16)24-21(27)25-9-10-28-20-18(25)13(2)11-15(4)23-20/h6-8,11-12,14H,5,9-10H2,1-4H3,(H,22,26)(H,24,27)/t14-/m0/s1. The maximum atomic E-state index is 12.9. The van der Waals surface area contributed by atoms with Crippen LogP contribution < -0.4 is 15.5 Å². The van der Waals surface area contributed by atoms with Crippen molar-refractivity contribution in [2.45, 2.75) is 45.2 Å². The Balaban J connectivity index is 1.78. The van der Waals surface area contributed by atoms with Gasteiger partial charge in [-0.25, -0.2) is 9.78 Å². The van der Waals surface area contributed by atoms with E-state index >= 15 is 0 Å². The van der Waals surface area contributed by atoms with Gasteiger partial charge in [0.2, 0.25) is 0 Å². The quantitative estimate of drug-likeness (QED) is 0.802. The molecule has 0 spiro atoms. The second-order valence-corrected chi connectivity index (χ2v) is 8.11. The van der Waals surface area contributed by atoms with Crippen LogP contribution in [-0.2, 0) is 0 Å². The minimum absolute atomic E-state index is 0.104. The number of fused-ring (bicyclic) bond motifs is 1. The summed E-state index contributed by atoms with van der Waals surface area (Å²) in [7, 11) is 0. The van der Waals surface area contributed by atoms with Crippen molar-refractivity contribution in [1.82, 2.24) is 10.3 Å². The van der Waals surface area contributed by atoms with Gasteiger partial charge < -0.3 is 10.6 Å². The molecule has 0 unspecified atom stereocenters. The molecule has 2 N–H and O–H groups in total. The number of nitrogens with zero attached hydrogens (tertiary/aromatic N) is 2. The summed E-state index contributed by atoms with van der Waals surface area (Å²) in [6.45, 7) is 8.56. The van der Waals surface area contributed by atoms with Crippen LogP contribution in [-0.4, -0.2) is 35.3 Å². The van der Waals surface area contributed by atoms with Gasteiger partial charge in [0.05, 0.1) is 5.69 Å². The van der Waals surface area contributed by atoms with Gasteiger partial charge in [-0.05, 0) is 57.0 Å². The number of rotatable bonds is 4. The van der Waals surface area contributed by atoms with Crippen molar-refractivity contribution in [3.63, 3.8) is 0 Å². The highest BCUT2D eigenvalue weighted by molar-refractivity contribution is 7.99. The largest absolute Gasteiger partial charge is 0.350 e. The Kier molecular flexibility index (Phi) is 6.24. The summed E-state index contributed by atoms with van der Waals surface area (Å²) >= 11 is 1.67. The fraction of sp³-hybridized carbons (Fsp3) is 0.381. The number of benzene rings is 1. The summed E-state index contributed by atoms with van der Waals surface area (Å²) in [6, 6.07) is 8.90. The van der Waals surface area contributed by atoms with Crippen LogP contribution in [0.5, 0.6) is 0 Å². The lowest BCUT2D eigenvalue weighted by molar-refractivity contribution is 0.0939. The SMILES string of the molecule is CC[C@H](C)NC(=O)c1cccc(NC(=O)N2CCSc3nc(C)cc(C)c32)c1. The number of amides is 3. The number of pyridine rings is 1. The van der Waals surface area contributed by atoms with Crippen LogP contribution in [0.4, 0.5) is 16.2 Å². The summed E-state index contributed by atoms with van der Waals surface area (Å²) in [5.41, 5.74) is 3.98. The third-order valence-corrected chi connectivity index (χ3v) is 5.66. The molecule has 2 aromatic rings. The Morgan fingerprint density at radius 3 is 2.82 bits per heavy atom. The van der Waals surface area contributed by atoms with E-state index in [9.17, 15) is 9.59 Å². The van der Waals surface area contributed by atoms with Gasteiger partial charge in [0.15, 0.2) is 0 Å². The summed E-state index contributed by atoms with van der Waals surface area (Å²) in [5, 5.41) is 6.76. The number of aryl methyl sites for hydroxylation is 2. The first-order valence-corrected chi connectivity index (χ1v) is 10.5. The van der Waals surface area contributed by atoms with Crippen LogP contribution in [0.15, 0.2) is 35.4 Å². The smallest absolute Gasteiger partial charge is 0.326 e. The minimum atomic E-state index is -0.213. The fourth-order valence-electron chi connectivity index (χ4n) is 3.11. The Labute approximate surface area is 170 Å². The van der Waals surface area contributed by atoms with Gasteiger partial charge in [-0.2, -0.15) is 0 Å². The number of urea groups is 1. The molecule has 0 bridgehead atoms. The molecule has 1 aromatic carbocycles. The van der Waals surface area contributed by atoms with E-state index in [2.05, 4.69) is 15.6 Å². The number of thioether (sulfide) groups is 1. The van der Waals surface area contributed by atoms with Crippen molar-refractivity contribution in [3.8, 4) is 0 Å². The number of aromatic nitrogens is 1. The average Bonchev–Trinajstić information content (AvgIpc) is 2.67. The van der Waals surface area contributed by atoms with E-state index < -0.39 is 0 Å². The van der Waals surface area contributed by atoms with Gasteiger partial charge in [0.1, 0.15) is 5.03 Å². The third-order valence-electron chi connectivity index (χ3n) is 4.71. The summed E-state index contributed by atoms with van der Waals surface area (Å²) in [4.78, 5) is 31.6. The summed E-state index contributed by atoms with van der Waals surface area (Å²) in [5.74, 6) is 0.661. The maximum absolute atomic E-state index is 12.9. The predicted octanol–water partition coefficient (Wildman–Crippen LogP) is 4.37. The van der Waals surface area contributed by atoms with Crippen LogP contribution in [0.1, 0.15) is 41.9 Å². The number of carbonyl (C=O) groups excluding carboxylic acids is 2. The second kappa shape index (κ2) is 8.65. The van der Waals surface area contributed by atoms with Crippen molar-refractivity contribution in [2.24, 2.45) is 0 Å². The molecule has 0 aliphatic carbocycles. The summed E-state index contributed by atoms with van der Waals surface area (Å²) < 4.78 is 0. The lowest BCUT2D eigenvalue weighted by Crippen LogP contribution is -2.39. The zero-order valence-corrected chi connectivity index (χ0v) is 17.5. The van der Waals surface area contributed by atoms with E-state index in [4.69, 9.17) is 0 Å². The monoisotopic (exact) mass is 398 g/mol. The molecule has 3 rings (SSSR count). The molecule has 0 saturated heterocycles. The van der Waals surface area contributed by atoms with Crippen molar-refractivity contribution in [2.75, 3.05) is 22.5 Å². The molecular formula is C21H26N4O2S. The van der Waals surface area contributed by atoms with Gasteiger partial charge in [-0.3, -0.25) is 9.69 Å². The lowest BCUT2D eigenvalue weighted by atomic mass is 10.1. The van der Waals surface area contributed by atoms with Crippen molar-refractivity contribution in [3.05, 3.63) is 47.2 Å². The first-order chi connectivity index (χ1) is 13.4. The van der Waals surface area contributed by atoms with Gasteiger partial charge in [-0.15, -0.1) is 11.8 Å². The van der Waals surface area contributed by atoms with Crippen LogP contribution >= 0.6 is 11.8 Å². The van der Waals surface area contributed by atoms with Crippen molar-refractivity contribution >= 4 is 35.1 Å². The molecule has 0 radical (unpaired) electrons. The number of nitrogens with one attached hydrogen (secondary N) is 2. The molecule has 1 atom stereocenters. The van der Waals surface area contributed by atoms with Crippen LogP contribution in [0.25, 0.3) is 0 Å². The molecule has 0 saturated carbocycles. The van der Waals surface area contributed by atoms with Crippen molar-refractivity contribution in [1.29, 1.82) is 0 Å². The second-order valence-electron chi connectivity index (χ2n) is 7.03. The lowest BCUT2D eigenvalue weighted by Gasteiger charge is -2.30. The van der Waals surface area contributed by atoms with Gasteiger partial charge in [0.25, 0.3) is 5.91 Å². The molecule has 7 heteroatoms. The molecule has 1 aliphatic heterocycles. The van der Waals surface area contributed by atoms with E-state index in [1.807, 2.05) is 33.8 Å². The normalized spacial score (nSPS) is 14.2. The van der Waals surface area contributed by atoms with E-state index in [0.717, 1.165) is 34.1 Å². The first kappa shape index (κ1) is 20.2. The molecule has 6 nitrogen and oxygen atoms in total. The molecule has 2 heterocycles. The Hall–Kier alpha value is -2.54. The van der Waals surface area contributed by atoms with Gasteiger partial charge >= 0.3 is 6.03 Å². The zero-order chi connectivity index (χ0) is 20.3. The number of hydrogen-bond donors (Lipinski definition) is 2. The zero-order valence-electron chi connectivity index (χ0n) is 16.7. The van der Waals surface area contributed by atoms with Gasteiger partial charge in [0, 0.05) is 35.3 Å². The van der Waals surface area contributed by atoms with Crippen molar-refractivity contribution < 1.29 is 9.59 Å². The molecule has 3 amide bonds. The highest BCUT2D eigenvalue weighted by atomic mass is 32.2. The highest BCUT2D eigenvalue weighted by Gasteiger charge is 2.26. The van der Waals surface area contributed by atoms with Gasteiger partial charge in [-0.1, -0.05) is 13.0 Å². The Morgan fingerprint density at radius 1 is 1.29 bits per heavy atom. The minimum Gasteiger partial charge on any atom is -0.350 e. The van der Waals surface area contributed by atoms with Crippen LogP contribution in [0.2, 0.25) is 0 Å². The summed E-state index contributed by atoms with van der Waals surface area (Å²) in [6.07, 6.45) is 0.863. The van der Waals surface area contributed by atoms with E-state index in [1.54, 1.807) is 40.9 Å². The van der Waals surface area contributed by atoms with E-state index in [-0.39, 0.29) is 18.0 Å². The van der Waals surface area contributed by atoms with Crippen LogP contribution in [0, 0.1) is 13.8 Å². The maximum Gasteiger partial charge on any atom is 0.326 e. The van der Waals surface area contributed by atoms with E-state index in [1.165, 1.54) is 0 Å². The molecule has 1 aliphatic rings. The van der Waals surface area contributed by atoms with Crippen LogP contribution in [0.3, 0.4) is 0 Å². The molecule has 28 heavy (non-hydrogen) atoms.